The van der Waals surface area contributed by atoms with Crippen LogP contribution in [0.1, 0.15) is 11.3 Å². The van der Waals surface area contributed by atoms with Crippen molar-refractivity contribution >= 4 is 33.2 Å². The maximum Gasteiger partial charge on any atom is 0.221 e. The van der Waals surface area contributed by atoms with E-state index in [1.165, 1.54) is 23.6 Å². The van der Waals surface area contributed by atoms with Gasteiger partial charge in [0.25, 0.3) is 0 Å². The highest BCUT2D eigenvalue weighted by Crippen LogP contribution is 2.26. The summed E-state index contributed by atoms with van der Waals surface area (Å²) in [6.45, 7) is 0.0922. The molecule has 1 aromatic heterocycles. The molecule has 0 radical (unpaired) electrons. The predicted molar refractivity (Wildman–Crippen MR) is 77.1 cm³/mol. The lowest BCUT2D eigenvalue weighted by molar-refractivity contribution is 0.387. The van der Waals surface area contributed by atoms with Crippen LogP contribution in [0.25, 0.3) is 0 Å². The van der Waals surface area contributed by atoms with Gasteiger partial charge in [-0.15, -0.1) is 0 Å². The highest BCUT2D eigenvalue weighted by Gasteiger charge is 2.22. The first kappa shape index (κ1) is 15.3. The van der Waals surface area contributed by atoms with E-state index in [0.717, 1.165) is 0 Å². The van der Waals surface area contributed by atoms with E-state index in [9.17, 15) is 8.42 Å². The maximum absolute atomic E-state index is 12.2. The Hall–Kier alpha value is -1.08. The lowest BCUT2D eigenvalue weighted by Crippen LogP contribution is -2.27. The molecule has 0 bridgehead atoms. The zero-order valence-corrected chi connectivity index (χ0v) is 12.9. The second-order valence-electron chi connectivity index (χ2n) is 4.19. The molecule has 0 unspecified atom stereocenters. The smallest absolute Gasteiger partial charge is 0.221 e. The number of aromatic nitrogens is 1. The van der Waals surface area contributed by atoms with Gasteiger partial charge in [0.2, 0.25) is 10.0 Å². The highest BCUT2D eigenvalue weighted by atomic mass is 35.5. The minimum atomic E-state index is -3.53. The van der Waals surface area contributed by atoms with E-state index >= 15 is 0 Å². The summed E-state index contributed by atoms with van der Waals surface area (Å²) in [5, 5.41) is 4.34. The highest BCUT2D eigenvalue weighted by molar-refractivity contribution is 7.88. The van der Waals surface area contributed by atoms with Crippen LogP contribution in [0.2, 0.25) is 10.0 Å². The molecule has 1 aromatic carbocycles. The average molecular weight is 335 g/mol. The predicted octanol–water partition coefficient (Wildman–Crippen LogP) is 2.94. The van der Waals surface area contributed by atoms with Crippen molar-refractivity contribution in [3.05, 3.63) is 51.8 Å². The van der Waals surface area contributed by atoms with Gasteiger partial charge in [0, 0.05) is 35.3 Å². The van der Waals surface area contributed by atoms with Crippen LogP contribution in [0.15, 0.2) is 35.0 Å². The lowest BCUT2D eigenvalue weighted by Gasteiger charge is -2.17. The number of hydrogen-bond acceptors (Lipinski definition) is 4. The fourth-order valence-corrected chi connectivity index (χ4v) is 3.18. The van der Waals surface area contributed by atoms with Crippen LogP contribution in [0.5, 0.6) is 0 Å². The average Bonchev–Trinajstić information content (AvgIpc) is 2.85. The van der Waals surface area contributed by atoms with Crippen molar-refractivity contribution in [3.63, 3.8) is 0 Å². The molecule has 0 amide bonds. The Morgan fingerprint density at radius 1 is 1.25 bits per heavy atom. The first-order chi connectivity index (χ1) is 9.40. The molecule has 20 heavy (non-hydrogen) atoms. The molecule has 0 saturated carbocycles. The monoisotopic (exact) mass is 334 g/mol. The molecule has 5 nitrogen and oxygen atoms in total. The molecule has 2 aromatic rings. The Kier molecular flexibility index (Phi) is 4.70. The standard InChI is InChI=1S/C12H12Cl2N2O3S/c1-16(7-10-11(13)3-2-4-12(10)14)20(17,18)8-9-5-6-15-19-9/h2-6H,7-8H2,1H3. The quantitative estimate of drug-likeness (QED) is 0.843. The topological polar surface area (TPSA) is 63.4 Å². The maximum atomic E-state index is 12.2. The van der Waals surface area contributed by atoms with E-state index < -0.39 is 10.0 Å². The second kappa shape index (κ2) is 6.13. The van der Waals surface area contributed by atoms with E-state index in [1.807, 2.05) is 0 Å². The van der Waals surface area contributed by atoms with Crippen LogP contribution in [-0.2, 0) is 22.3 Å². The molecule has 2 rings (SSSR count). The number of halogens is 2. The van der Waals surface area contributed by atoms with Crippen molar-refractivity contribution in [3.8, 4) is 0 Å². The summed E-state index contributed by atoms with van der Waals surface area (Å²) in [4.78, 5) is 0. The van der Waals surface area contributed by atoms with Crippen molar-refractivity contribution < 1.29 is 12.9 Å². The molecular weight excluding hydrogens is 323 g/mol. The Bertz CT molecular complexity index is 666. The summed E-state index contributed by atoms with van der Waals surface area (Å²) in [5.41, 5.74) is 0.569. The molecule has 0 N–H and O–H groups in total. The molecule has 0 aliphatic rings. The Morgan fingerprint density at radius 3 is 2.45 bits per heavy atom. The number of hydrogen-bond donors (Lipinski definition) is 0. The largest absolute Gasteiger partial charge is 0.360 e. The summed E-state index contributed by atoms with van der Waals surface area (Å²) in [5.74, 6) is 0.0214. The summed E-state index contributed by atoms with van der Waals surface area (Å²) < 4.78 is 30.3. The third-order valence-electron chi connectivity index (χ3n) is 2.73. The normalized spacial score (nSPS) is 12.0. The fourth-order valence-electron chi connectivity index (χ4n) is 1.61. The van der Waals surface area contributed by atoms with E-state index in [0.29, 0.717) is 15.6 Å². The van der Waals surface area contributed by atoms with Gasteiger partial charge in [-0.25, -0.2) is 12.7 Å². The van der Waals surface area contributed by atoms with Gasteiger partial charge in [0.05, 0.1) is 6.20 Å². The van der Waals surface area contributed by atoms with Gasteiger partial charge in [-0.3, -0.25) is 0 Å². The van der Waals surface area contributed by atoms with Crippen molar-refractivity contribution in [1.82, 2.24) is 9.46 Å². The summed E-state index contributed by atoms with van der Waals surface area (Å²) in [6, 6.07) is 6.55. The van der Waals surface area contributed by atoms with Crippen molar-refractivity contribution in [2.75, 3.05) is 7.05 Å². The molecule has 1 heterocycles. The third-order valence-corrected chi connectivity index (χ3v) is 5.17. The van der Waals surface area contributed by atoms with Crippen molar-refractivity contribution in [2.45, 2.75) is 12.3 Å². The van der Waals surface area contributed by atoms with Gasteiger partial charge in [0.15, 0.2) is 5.76 Å². The molecule has 8 heteroatoms. The van der Waals surface area contributed by atoms with Gasteiger partial charge < -0.3 is 4.52 Å². The molecule has 0 atom stereocenters. The number of benzene rings is 1. The Morgan fingerprint density at radius 2 is 1.90 bits per heavy atom. The van der Waals surface area contributed by atoms with Crippen LogP contribution in [0.4, 0.5) is 0 Å². The summed E-state index contributed by atoms with van der Waals surface area (Å²) in [6.07, 6.45) is 1.40. The van der Waals surface area contributed by atoms with E-state index in [-0.39, 0.29) is 18.1 Å². The number of nitrogens with zero attached hydrogens (tertiary/aromatic N) is 2. The lowest BCUT2D eigenvalue weighted by atomic mass is 10.2. The molecule has 0 aliphatic heterocycles. The molecule has 108 valence electrons. The Labute approximate surface area is 127 Å². The third kappa shape index (κ3) is 3.52. The fraction of sp³-hybridized carbons (Fsp3) is 0.250. The molecule has 0 saturated heterocycles. The zero-order valence-electron chi connectivity index (χ0n) is 10.6. The van der Waals surface area contributed by atoms with Gasteiger partial charge >= 0.3 is 0 Å². The van der Waals surface area contributed by atoms with Crippen LogP contribution >= 0.6 is 23.2 Å². The van der Waals surface area contributed by atoms with Crippen LogP contribution in [0, 0.1) is 0 Å². The van der Waals surface area contributed by atoms with E-state index in [4.69, 9.17) is 27.7 Å². The SMILES string of the molecule is CN(Cc1c(Cl)cccc1Cl)S(=O)(=O)Cc1ccno1. The minimum absolute atomic E-state index is 0.0922. The molecule has 0 aliphatic carbocycles. The van der Waals surface area contributed by atoms with E-state index in [1.54, 1.807) is 18.2 Å². The Balaban J connectivity index is 2.17. The van der Waals surface area contributed by atoms with Crippen molar-refractivity contribution in [2.24, 2.45) is 0 Å². The van der Waals surface area contributed by atoms with Crippen molar-refractivity contribution in [1.29, 1.82) is 0 Å². The van der Waals surface area contributed by atoms with Crippen LogP contribution in [-0.4, -0.2) is 24.9 Å². The van der Waals surface area contributed by atoms with E-state index in [2.05, 4.69) is 5.16 Å². The van der Waals surface area contributed by atoms with Gasteiger partial charge in [0.1, 0.15) is 5.75 Å². The minimum Gasteiger partial charge on any atom is -0.360 e. The summed E-state index contributed by atoms with van der Waals surface area (Å²) >= 11 is 12.1. The van der Waals surface area contributed by atoms with Crippen LogP contribution in [0.3, 0.4) is 0 Å². The molecular formula is C12H12Cl2N2O3S. The first-order valence-electron chi connectivity index (χ1n) is 5.66. The van der Waals surface area contributed by atoms with Gasteiger partial charge in [-0.1, -0.05) is 34.4 Å². The second-order valence-corrected chi connectivity index (χ2v) is 7.08. The van der Waals surface area contributed by atoms with Gasteiger partial charge in [-0.05, 0) is 12.1 Å². The summed E-state index contributed by atoms with van der Waals surface area (Å²) in [7, 11) is -2.07. The number of sulfonamides is 1. The first-order valence-corrected chi connectivity index (χ1v) is 8.03. The molecule has 0 fully saturated rings. The number of rotatable bonds is 5. The molecule has 0 spiro atoms. The van der Waals surface area contributed by atoms with Gasteiger partial charge in [-0.2, -0.15) is 0 Å². The van der Waals surface area contributed by atoms with Crippen LogP contribution < -0.4 is 0 Å². The zero-order chi connectivity index (χ0) is 14.8.